The Kier molecular flexibility index (Phi) is 36.1. The summed E-state index contributed by atoms with van der Waals surface area (Å²) in [7, 11) is -10.6. The van der Waals surface area contributed by atoms with E-state index in [1.54, 1.807) is 70.8 Å². The predicted molar refractivity (Wildman–Crippen MR) is 410 cm³/mol. The molecule has 3 saturated heterocycles. The number of aliphatic hydroxyl groups excluding tert-OH is 2. The fourth-order valence-electron chi connectivity index (χ4n) is 14.0. The number of nitrogens with two attached hydrogens (primary N) is 1. The first-order valence-corrected chi connectivity index (χ1v) is 43.1. The second-order valence-electron chi connectivity index (χ2n) is 29.9. The zero-order chi connectivity index (χ0) is 85.1. The number of fused-ring (bicyclic) bond motifs is 1. The third kappa shape index (κ3) is 26.5. The van der Waals surface area contributed by atoms with Gasteiger partial charge in [0.15, 0.2) is 17.7 Å². The lowest BCUT2D eigenvalue weighted by molar-refractivity contribution is -0.149. The summed E-state index contributed by atoms with van der Waals surface area (Å²) in [6, 6.07) is 4.47. The number of benzene rings is 1. The first-order valence-electron chi connectivity index (χ1n) is 37.5. The van der Waals surface area contributed by atoms with Gasteiger partial charge < -0.3 is 90.8 Å². The van der Waals surface area contributed by atoms with Crippen molar-refractivity contribution in [2.24, 2.45) is 29.1 Å². The number of carboxylic acids is 1. The van der Waals surface area contributed by atoms with Crippen LogP contribution in [0.4, 0.5) is 5.82 Å². The summed E-state index contributed by atoms with van der Waals surface area (Å²) in [5.41, 5.74) is 4.89. The number of likely N-dealkylation sites (N-methyl/N-ethyl adjacent to an activating group) is 2. The highest BCUT2D eigenvalue weighted by molar-refractivity contribution is 8.00. The molecule has 3 aliphatic heterocycles. The molecular weight excluding hydrogens is 1580 g/mol. The van der Waals surface area contributed by atoms with E-state index in [1.807, 2.05) is 19.9 Å². The summed E-state index contributed by atoms with van der Waals surface area (Å²) in [6.07, 6.45) is -6.17. The van der Waals surface area contributed by atoms with Gasteiger partial charge in [0, 0.05) is 91.3 Å². The monoisotopic (exact) mass is 1690 g/mol. The van der Waals surface area contributed by atoms with E-state index < -0.39 is 180 Å². The van der Waals surface area contributed by atoms with Gasteiger partial charge in [-0.3, -0.25) is 66.2 Å². The van der Waals surface area contributed by atoms with Crippen LogP contribution in [-0.2, 0) is 100 Å². The third-order valence-electron chi connectivity index (χ3n) is 20.4. The molecule has 1 aromatic carbocycles. The van der Waals surface area contributed by atoms with E-state index in [9.17, 15) is 96.5 Å². The van der Waals surface area contributed by atoms with Crippen molar-refractivity contribution in [1.82, 2.24) is 60.4 Å². The maximum Gasteiger partial charge on any atom is 0.481 e. The molecule has 44 heteroatoms. The van der Waals surface area contributed by atoms with Crippen molar-refractivity contribution < 1.29 is 129 Å². The Morgan fingerprint density at radius 1 is 0.833 bits per heavy atom. The van der Waals surface area contributed by atoms with Crippen molar-refractivity contribution in [3.63, 3.8) is 0 Å². The van der Waals surface area contributed by atoms with Gasteiger partial charge in [-0.25, -0.2) is 33.4 Å². The molecule has 114 heavy (non-hydrogen) atoms. The zero-order valence-corrected chi connectivity index (χ0v) is 69.8. The van der Waals surface area contributed by atoms with E-state index >= 15 is 0 Å². The molecule has 0 bridgehead atoms. The number of nitrogens with zero attached hydrogens (tertiary/aromatic N) is 8. The van der Waals surface area contributed by atoms with Gasteiger partial charge in [-0.15, -0.1) is 11.8 Å². The molecule has 2 aromatic heterocycles. The topological polar surface area (TPSA) is 559 Å². The fraction of sp³-hybridized carbons (Fsp3) is 0.700. The van der Waals surface area contributed by atoms with Crippen molar-refractivity contribution >= 4 is 111 Å². The molecule has 0 aliphatic carbocycles. The maximum atomic E-state index is 14.8. The van der Waals surface area contributed by atoms with Crippen molar-refractivity contribution in [2.75, 3.05) is 79.2 Å². The van der Waals surface area contributed by atoms with Gasteiger partial charge in [-0.2, -0.15) is 4.31 Å². The summed E-state index contributed by atoms with van der Waals surface area (Å²) in [6.45, 7) is 13.2. The molecule has 3 unspecified atom stereocenters. The van der Waals surface area contributed by atoms with Crippen molar-refractivity contribution in [2.45, 2.75) is 211 Å². The lowest BCUT2D eigenvalue weighted by atomic mass is 9.87. The lowest BCUT2D eigenvalue weighted by Gasteiger charge is -2.41. The molecule has 0 saturated carbocycles. The number of aliphatic carboxylic acids is 1. The summed E-state index contributed by atoms with van der Waals surface area (Å²) in [5.74, 6) is -7.48. The summed E-state index contributed by atoms with van der Waals surface area (Å²) in [5, 5.41) is 41.7. The number of carbonyl (C=O) groups is 10. The number of carboxylic acid groups (broad SMARTS) is 1. The standard InChI is InChI=1S/C70H112N13O27P3S/c1-14-41(6)56(46(104-12)33-51(86)81-30-21-24-45(81)58(105-13)42(7)63(90)77-44(69(95)96)32-43-22-17-15-18-23-43)80(11)67(94)53(39(2)3)78-64(91)55(40(4)5)79(10)50(85)25-19-16-20-29-82-52(87)34-48(66(82)93)114-31-28-72-49(84)26-27-73-65(92)60(89)70(8,9)36-107-113(102,103)110-112(100,101)106-35-47-59(109-111(97,98)99)57(88)68(108-47)83-38-76-54-61(71)74-37-75-62(54)83/h15,17-18,22-23,37-42,44-48,53,55-60,68,88-89H,14,16,19-21,24-36H2,1-13H3,(H,72,84)(H,73,92)(H,77,90)(H,78,91)(H,95,96)(H,100,101)(H,102,103)(H2,71,74,75)(H2,97,98,99)/t41-,42+,44-,45-,46+,47-,48?,53-,55-,56-,57-,58+,59-,60-,68-/m0/s1. The van der Waals surface area contributed by atoms with Gasteiger partial charge >= 0.3 is 29.4 Å². The number of methoxy groups -OCH3 is 2. The van der Waals surface area contributed by atoms with Crippen LogP contribution < -0.4 is 27.0 Å². The molecule has 0 radical (unpaired) electrons. The number of unbranched alkanes of at least 4 members (excludes halogenated alkanes) is 2. The van der Waals surface area contributed by atoms with Gasteiger partial charge in [0.2, 0.25) is 53.2 Å². The number of imidazole rings is 1. The number of phosphoric ester groups is 3. The molecule has 13 N–H and O–H groups in total. The number of nitrogen functional groups attached to an aromatic ring is 1. The molecule has 3 aliphatic rings. The number of likely N-dealkylation sites (tertiary alicyclic amines) is 2. The molecule has 17 atom stereocenters. The van der Waals surface area contributed by atoms with Crippen LogP contribution >= 0.6 is 35.2 Å². The minimum Gasteiger partial charge on any atom is -0.480 e. The summed E-state index contributed by atoms with van der Waals surface area (Å²) >= 11 is 1.16. The van der Waals surface area contributed by atoms with E-state index in [1.165, 1.54) is 44.9 Å². The quantitative estimate of drug-likeness (QED) is 0.0219. The Balaban J connectivity index is 0.888. The highest BCUT2D eigenvalue weighted by atomic mass is 32.2. The van der Waals surface area contributed by atoms with Crippen LogP contribution in [-0.4, -0.2) is 279 Å². The van der Waals surface area contributed by atoms with E-state index in [0.29, 0.717) is 45.1 Å². The average Bonchev–Trinajstić information content (AvgIpc) is 1.37. The predicted octanol–water partition coefficient (Wildman–Crippen LogP) is 2.18. The highest BCUT2D eigenvalue weighted by Crippen LogP contribution is 2.61. The van der Waals surface area contributed by atoms with Crippen LogP contribution in [0.25, 0.3) is 11.2 Å². The van der Waals surface area contributed by atoms with E-state index in [2.05, 4.69) is 45.1 Å². The fourth-order valence-corrected chi connectivity index (χ4v) is 17.8. The Labute approximate surface area is 665 Å². The largest absolute Gasteiger partial charge is 0.481 e. The number of aromatic nitrogens is 4. The van der Waals surface area contributed by atoms with Crippen LogP contribution in [0.1, 0.15) is 138 Å². The van der Waals surface area contributed by atoms with Gasteiger partial charge in [-0.1, -0.05) is 105 Å². The average molecular weight is 1690 g/mol. The number of anilines is 1. The Morgan fingerprint density at radius 3 is 2.13 bits per heavy atom. The summed E-state index contributed by atoms with van der Waals surface area (Å²) < 4.78 is 75.0. The number of phosphoric acid groups is 3. The second-order valence-corrected chi connectivity index (χ2v) is 35.5. The molecule has 0 spiro atoms. The van der Waals surface area contributed by atoms with Gasteiger partial charge in [0.25, 0.3) is 0 Å². The van der Waals surface area contributed by atoms with Crippen LogP contribution in [0, 0.1) is 29.1 Å². The van der Waals surface area contributed by atoms with Crippen LogP contribution in [0.3, 0.4) is 0 Å². The number of imide groups is 1. The highest BCUT2D eigenvalue weighted by Gasteiger charge is 2.52. The number of aliphatic hydroxyl groups is 2. The molecule has 40 nitrogen and oxygen atoms in total. The number of hydrogen-bond acceptors (Lipinski definition) is 27. The number of thioether (sulfide) groups is 1. The van der Waals surface area contributed by atoms with E-state index in [4.69, 9.17) is 29.0 Å². The first kappa shape index (κ1) is 95.8. The minimum atomic E-state index is -5.66. The second kappa shape index (κ2) is 42.9. The number of nitrogens with one attached hydrogen (secondary N) is 4. The number of carbonyl (C=O) groups excluding carboxylic acids is 9. The van der Waals surface area contributed by atoms with Gasteiger partial charge in [0.1, 0.15) is 54.4 Å². The molecule has 6 rings (SSSR count). The normalized spacial score (nSPS) is 21.6. The molecule has 5 heterocycles. The molecule has 3 aromatic rings. The summed E-state index contributed by atoms with van der Waals surface area (Å²) in [4.78, 5) is 193. The first-order chi connectivity index (χ1) is 53.4. The maximum absolute atomic E-state index is 14.8. The zero-order valence-electron chi connectivity index (χ0n) is 66.3. The number of rotatable bonds is 47. The van der Waals surface area contributed by atoms with Crippen LogP contribution in [0.15, 0.2) is 43.0 Å². The van der Waals surface area contributed by atoms with Gasteiger partial charge in [0.05, 0.1) is 61.4 Å². The van der Waals surface area contributed by atoms with Crippen molar-refractivity contribution in [3.05, 3.63) is 48.5 Å². The van der Waals surface area contributed by atoms with Crippen molar-refractivity contribution in [3.8, 4) is 0 Å². The number of hydrogen-bond donors (Lipinski definition) is 12. The lowest BCUT2D eigenvalue weighted by Crippen LogP contribution is -2.60. The Morgan fingerprint density at radius 2 is 1.51 bits per heavy atom. The van der Waals surface area contributed by atoms with Crippen LogP contribution in [0.2, 0.25) is 0 Å². The Hall–Kier alpha value is -7.01. The third-order valence-corrected chi connectivity index (χ3v) is 24.7. The Bertz CT molecular complexity index is 3960. The molecular formula is C70H112N13O27P3S. The minimum absolute atomic E-state index is 0.00144. The van der Waals surface area contributed by atoms with Crippen molar-refractivity contribution in [1.29, 1.82) is 0 Å². The number of ether oxygens (including phenoxy) is 3. The SMILES string of the molecule is CC[C@H](C)[C@@H]([C@@H](CC(=O)N1CCC[C@H]1[C@H](OC)[C@@H](C)C(=O)N[C@@H](Cc1ccccc1)C(=O)O)OC)N(C)C(=O)[C@@H](NC(=O)[C@H](C(C)C)N(C)C(=O)CCCCCN1C(=O)CC(SCCNC(=O)CCNC(=O)[C@H](O)C(C)(C)COP(=O)(O)OP(=O)(O)OC[C@@H]2O[C@H](n3cnc4c(N)ncnc43)[C@@H](O)[C@H]2OP(=O)(O)O)C1=O)C(C)C. The molecule has 3 fully saturated rings. The van der Waals surface area contributed by atoms with E-state index in [-0.39, 0.29) is 98.1 Å². The number of amides is 9. The molecule has 640 valence electrons. The van der Waals surface area contributed by atoms with E-state index in [0.717, 1.165) is 39.4 Å². The molecule has 9 amide bonds. The smallest absolute Gasteiger partial charge is 0.480 e. The van der Waals surface area contributed by atoms with Crippen LogP contribution in [0.5, 0.6) is 0 Å². The van der Waals surface area contributed by atoms with Gasteiger partial charge in [-0.05, 0) is 49.0 Å².